The van der Waals surface area contributed by atoms with Crippen LogP contribution in [-0.2, 0) is 4.79 Å². The highest BCUT2D eigenvalue weighted by Gasteiger charge is 2.48. The van der Waals surface area contributed by atoms with Crippen molar-refractivity contribution < 1.29 is 4.79 Å². The van der Waals surface area contributed by atoms with E-state index in [4.69, 9.17) is 0 Å². The predicted molar refractivity (Wildman–Crippen MR) is 86.1 cm³/mol. The third kappa shape index (κ3) is 3.13. The summed E-state index contributed by atoms with van der Waals surface area (Å²) >= 11 is 0. The number of hydrogen-bond acceptors (Lipinski definition) is 2. The lowest BCUT2D eigenvalue weighted by Crippen LogP contribution is -2.57. The summed E-state index contributed by atoms with van der Waals surface area (Å²) in [6.45, 7) is 11.1. The van der Waals surface area contributed by atoms with Gasteiger partial charge in [-0.1, -0.05) is 20.8 Å². The predicted octanol–water partition coefficient (Wildman–Crippen LogP) is 3.15. The molecule has 0 aromatic heterocycles. The van der Waals surface area contributed by atoms with Crippen LogP contribution >= 0.6 is 0 Å². The highest BCUT2D eigenvalue weighted by molar-refractivity contribution is 5.78. The average molecular weight is 292 g/mol. The highest BCUT2D eigenvalue weighted by Crippen LogP contribution is 2.51. The molecule has 1 saturated carbocycles. The van der Waals surface area contributed by atoms with Crippen molar-refractivity contribution in [1.82, 2.24) is 9.80 Å². The minimum atomic E-state index is 0.156. The van der Waals surface area contributed by atoms with Gasteiger partial charge in [-0.3, -0.25) is 4.79 Å². The van der Waals surface area contributed by atoms with Crippen LogP contribution in [0.5, 0.6) is 0 Å². The zero-order valence-electron chi connectivity index (χ0n) is 14.1. The fraction of sp³-hybridized carbons (Fsp3) is 0.944. The average Bonchev–Trinajstić information content (AvgIpc) is 2.45. The van der Waals surface area contributed by atoms with Gasteiger partial charge in [0.15, 0.2) is 0 Å². The summed E-state index contributed by atoms with van der Waals surface area (Å²) in [5.74, 6) is 1.44. The van der Waals surface area contributed by atoms with Crippen molar-refractivity contribution in [3.05, 3.63) is 0 Å². The molecular formula is C18H32N2O. The number of likely N-dealkylation sites (tertiary alicyclic amines) is 2. The maximum Gasteiger partial charge on any atom is 0.225 e. The molecule has 1 amide bonds. The van der Waals surface area contributed by atoms with Crippen LogP contribution in [0.2, 0.25) is 0 Å². The first-order chi connectivity index (χ1) is 9.99. The van der Waals surface area contributed by atoms with Crippen LogP contribution in [0.1, 0.15) is 59.3 Å². The molecule has 3 nitrogen and oxygen atoms in total. The van der Waals surface area contributed by atoms with Crippen LogP contribution in [0.25, 0.3) is 0 Å². The van der Waals surface area contributed by atoms with Crippen molar-refractivity contribution in [2.45, 2.75) is 65.3 Å². The Labute approximate surface area is 130 Å². The number of hydrogen-bond donors (Lipinski definition) is 0. The van der Waals surface area contributed by atoms with E-state index in [2.05, 4.69) is 16.7 Å². The summed E-state index contributed by atoms with van der Waals surface area (Å²) < 4.78 is 0. The van der Waals surface area contributed by atoms with Crippen molar-refractivity contribution in [3.8, 4) is 0 Å². The Hall–Kier alpha value is -0.570. The molecule has 2 heterocycles. The third-order valence-corrected chi connectivity index (χ3v) is 6.30. The normalized spacial score (nSPS) is 28.1. The summed E-state index contributed by atoms with van der Waals surface area (Å²) in [6.07, 6.45) is 8.05. The Balaban J connectivity index is 1.45. The molecule has 120 valence electrons. The van der Waals surface area contributed by atoms with E-state index in [0.717, 1.165) is 25.0 Å². The summed E-state index contributed by atoms with van der Waals surface area (Å²) in [4.78, 5) is 16.9. The zero-order chi connectivity index (χ0) is 15.0. The Morgan fingerprint density at radius 1 is 1.05 bits per heavy atom. The maximum absolute atomic E-state index is 12.1. The second kappa shape index (κ2) is 5.91. The second-order valence-electron chi connectivity index (χ2n) is 8.26. The van der Waals surface area contributed by atoms with Crippen molar-refractivity contribution in [3.63, 3.8) is 0 Å². The molecule has 0 aromatic carbocycles. The van der Waals surface area contributed by atoms with E-state index in [1.54, 1.807) is 0 Å². The van der Waals surface area contributed by atoms with Gasteiger partial charge < -0.3 is 9.80 Å². The standard InChI is InChI=1S/C18H32N2O/c1-14(2)17(21)20-10-6-18(7-11-20)12-16(13-18)19-8-4-15(3)5-9-19/h14-16H,4-13H2,1-3H3. The Morgan fingerprint density at radius 3 is 2.14 bits per heavy atom. The number of carbonyl (C=O) groups is 1. The van der Waals surface area contributed by atoms with E-state index >= 15 is 0 Å². The lowest BCUT2D eigenvalue weighted by Gasteiger charge is -2.56. The summed E-state index contributed by atoms with van der Waals surface area (Å²) in [5, 5.41) is 0. The maximum atomic E-state index is 12.1. The molecule has 0 radical (unpaired) electrons. The van der Waals surface area contributed by atoms with E-state index < -0.39 is 0 Å². The van der Waals surface area contributed by atoms with Crippen molar-refractivity contribution in [2.24, 2.45) is 17.3 Å². The van der Waals surface area contributed by atoms with Gasteiger partial charge in [0.25, 0.3) is 0 Å². The molecule has 0 N–H and O–H groups in total. The molecule has 0 aromatic rings. The van der Waals surface area contributed by atoms with E-state index in [-0.39, 0.29) is 5.92 Å². The van der Waals surface area contributed by atoms with E-state index in [1.807, 2.05) is 13.8 Å². The first-order valence-corrected chi connectivity index (χ1v) is 9.02. The quantitative estimate of drug-likeness (QED) is 0.780. The van der Waals surface area contributed by atoms with E-state index in [0.29, 0.717) is 11.3 Å². The van der Waals surface area contributed by atoms with Crippen LogP contribution in [0, 0.1) is 17.3 Å². The van der Waals surface area contributed by atoms with Gasteiger partial charge in [0, 0.05) is 25.0 Å². The number of piperidine rings is 2. The topological polar surface area (TPSA) is 23.6 Å². The molecule has 3 fully saturated rings. The highest BCUT2D eigenvalue weighted by atomic mass is 16.2. The number of amides is 1. The molecule has 0 unspecified atom stereocenters. The number of rotatable bonds is 2. The van der Waals surface area contributed by atoms with Crippen molar-refractivity contribution in [1.29, 1.82) is 0 Å². The largest absolute Gasteiger partial charge is 0.342 e. The summed E-state index contributed by atoms with van der Waals surface area (Å²) in [5.41, 5.74) is 0.585. The first-order valence-electron chi connectivity index (χ1n) is 9.02. The van der Waals surface area contributed by atoms with E-state index in [1.165, 1.54) is 51.6 Å². The Morgan fingerprint density at radius 2 is 1.62 bits per heavy atom. The molecule has 0 bridgehead atoms. The van der Waals surface area contributed by atoms with Gasteiger partial charge in [-0.2, -0.15) is 0 Å². The van der Waals surface area contributed by atoms with Crippen LogP contribution < -0.4 is 0 Å². The fourth-order valence-corrected chi connectivity index (χ4v) is 4.57. The van der Waals surface area contributed by atoms with Gasteiger partial charge in [-0.05, 0) is 62.9 Å². The van der Waals surface area contributed by atoms with Crippen molar-refractivity contribution in [2.75, 3.05) is 26.2 Å². The van der Waals surface area contributed by atoms with Crippen LogP contribution in [-0.4, -0.2) is 47.9 Å². The molecule has 0 atom stereocenters. The molecule has 3 rings (SSSR count). The summed E-state index contributed by atoms with van der Waals surface area (Å²) in [6, 6.07) is 0.852. The number of nitrogens with zero attached hydrogens (tertiary/aromatic N) is 2. The van der Waals surface area contributed by atoms with Gasteiger partial charge in [0.05, 0.1) is 0 Å². The molecule has 2 saturated heterocycles. The van der Waals surface area contributed by atoms with Gasteiger partial charge in [0.2, 0.25) is 5.91 Å². The molecule has 3 heteroatoms. The van der Waals surface area contributed by atoms with E-state index in [9.17, 15) is 4.79 Å². The minimum Gasteiger partial charge on any atom is -0.342 e. The molecule has 3 aliphatic rings. The van der Waals surface area contributed by atoms with Gasteiger partial charge in [-0.15, -0.1) is 0 Å². The SMILES string of the molecule is CC1CCN(C2CC3(CCN(C(=O)C(C)C)CC3)C2)CC1. The first kappa shape index (κ1) is 15.3. The fourth-order valence-electron chi connectivity index (χ4n) is 4.57. The van der Waals surface area contributed by atoms with Crippen LogP contribution in [0.15, 0.2) is 0 Å². The smallest absolute Gasteiger partial charge is 0.225 e. The second-order valence-corrected chi connectivity index (χ2v) is 8.26. The van der Waals surface area contributed by atoms with Gasteiger partial charge >= 0.3 is 0 Å². The van der Waals surface area contributed by atoms with Gasteiger partial charge in [-0.25, -0.2) is 0 Å². The molecule has 21 heavy (non-hydrogen) atoms. The zero-order valence-corrected chi connectivity index (χ0v) is 14.1. The van der Waals surface area contributed by atoms with Crippen molar-refractivity contribution >= 4 is 5.91 Å². The van der Waals surface area contributed by atoms with Gasteiger partial charge in [0.1, 0.15) is 0 Å². The third-order valence-electron chi connectivity index (χ3n) is 6.30. The van der Waals surface area contributed by atoms with Crippen LogP contribution in [0.4, 0.5) is 0 Å². The number of carbonyl (C=O) groups excluding carboxylic acids is 1. The Bertz CT molecular complexity index is 369. The molecular weight excluding hydrogens is 260 g/mol. The van der Waals surface area contributed by atoms with Crippen LogP contribution in [0.3, 0.4) is 0 Å². The lowest BCUT2D eigenvalue weighted by atomic mass is 9.59. The molecule has 2 aliphatic heterocycles. The minimum absolute atomic E-state index is 0.156. The Kier molecular flexibility index (Phi) is 4.31. The molecule has 1 aliphatic carbocycles. The summed E-state index contributed by atoms with van der Waals surface area (Å²) in [7, 11) is 0. The monoisotopic (exact) mass is 292 g/mol. The lowest BCUT2D eigenvalue weighted by molar-refractivity contribution is -0.139. The molecule has 1 spiro atoms.